The number of aromatic nitrogens is 1. The maximum Gasteiger partial charge on any atom is 0.263 e. The highest BCUT2D eigenvalue weighted by atomic mass is 16.5. The van der Waals surface area contributed by atoms with Crippen LogP contribution in [-0.2, 0) is 11.2 Å². The van der Waals surface area contributed by atoms with Gasteiger partial charge in [-0.05, 0) is 43.2 Å². The average molecular weight is 382 g/mol. The molecule has 2 aromatic heterocycles. The minimum atomic E-state index is -0.0840. The zero-order chi connectivity index (χ0) is 19.9. The summed E-state index contributed by atoms with van der Waals surface area (Å²) in [4.78, 5) is 17.1. The van der Waals surface area contributed by atoms with E-state index in [-0.39, 0.29) is 18.4 Å². The van der Waals surface area contributed by atoms with Gasteiger partial charge >= 0.3 is 0 Å². The highest BCUT2D eigenvalue weighted by molar-refractivity contribution is 5.79. The molecule has 0 aliphatic heterocycles. The van der Waals surface area contributed by atoms with Crippen molar-refractivity contribution < 1.29 is 18.4 Å². The number of aryl methyl sites for hydroxylation is 1. The van der Waals surface area contributed by atoms with Gasteiger partial charge in [-0.1, -0.05) is 31.9 Å². The monoisotopic (exact) mass is 382 g/mol. The van der Waals surface area contributed by atoms with Gasteiger partial charge in [-0.3, -0.25) is 4.79 Å². The first-order chi connectivity index (χ1) is 13.6. The number of hydrogen-bond donors (Lipinski definition) is 1. The number of nitrogens with one attached hydrogen (secondary N) is 1. The van der Waals surface area contributed by atoms with E-state index in [1.165, 1.54) is 0 Å². The molecule has 1 unspecified atom stereocenters. The Balaban J connectivity index is 1.69. The molecule has 2 heterocycles. The van der Waals surface area contributed by atoms with E-state index in [0.29, 0.717) is 23.1 Å². The number of carbonyl (C=O) groups excluding carboxylic acids is 1. The highest BCUT2D eigenvalue weighted by Gasteiger charge is 2.19. The average Bonchev–Trinajstić information content (AvgIpc) is 3.35. The molecule has 3 aromatic rings. The van der Waals surface area contributed by atoms with Crippen LogP contribution >= 0.6 is 0 Å². The fraction of sp³-hybridized carbons (Fsp3) is 0.364. The number of methoxy groups -OCH3 is 1. The molecule has 0 saturated heterocycles. The lowest BCUT2D eigenvalue weighted by molar-refractivity contribution is -0.121. The smallest absolute Gasteiger partial charge is 0.263 e. The fourth-order valence-electron chi connectivity index (χ4n) is 3.06. The second-order valence-electron chi connectivity index (χ2n) is 6.71. The molecule has 0 spiro atoms. The van der Waals surface area contributed by atoms with E-state index in [1.54, 1.807) is 32.4 Å². The summed E-state index contributed by atoms with van der Waals surface area (Å²) in [6, 6.07) is 11.3. The number of benzene rings is 1. The third-order valence-corrected chi connectivity index (χ3v) is 4.65. The third-order valence-electron chi connectivity index (χ3n) is 4.65. The Bertz CT molecular complexity index is 882. The molecule has 6 heteroatoms. The zero-order valence-electron chi connectivity index (χ0n) is 16.5. The summed E-state index contributed by atoms with van der Waals surface area (Å²) in [5.41, 5.74) is 1.68. The summed E-state index contributed by atoms with van der Waals surface area (Å²) in [5.74, 6) is 2.28. The van der Waals surface area contributed by atoms with Crippen molar-refractivity contribution in [2.24, 2.45) is 0 Å². The van der Waals surface area contributed by atoms with Crippen molar-refractivity contribution in [3.05, 3.63) is 59.7 Å². The second-order valence-corrected chi connectivity index (χ2v) is 6.71. The molecular formula is C22H26N2O4. The molecule has 1 N–H and O–H groups in total. The van der Waals surface area contributed by atoms with Crippen LogP contribution in [0.25, 0.3) is 11.7 Å². The van der Waals surface area contributed by atoms with E-state index in [0.717, 1.165) is 30.6 Å². The zero-order valence-corrected chi connectivity index (χ0v) is 16.5. The predicted molar refractivity (Wildman–Crippen MR) is 106 cm³/mol. The van der Waals surface area contributed by atoms with Crippen LogP contribution in [0.4, 0.5) is 0 Å². The van der Waals surface area contributed by atoms with Gasteiger partial charge in [0.05, 0.1) is 31.5 Å². The minimum Gasteiger partial charge on any atom is -0.497 e. The summed E-state index contributed by atoms with van der Waals surface area (Å²) in [7, 11) is 1.64. The normalized spacial score (nSPS) is 12.0. The first-order valence-electron chi connectivity index (χ1n) is 9.54. The lowest BCUT2D eigenvalue weighted by atomic mass is 10.0. The minimum absolute atomic E-state index is 0.0462. The van der Waals surface area contributed by atoms with E-state index in [9.17, 15) is 4.79 Å². The molecule has 28 heavy (non-hydrogen) atoms. The van der Waals surface area contributed by atoms with Gasteiger partial charge < -0.3 is 18.9 Å². The molecule has 148 valence electrons. The number of carbonyl (C=O) groups is 1. The molecule has 0 radical (unpaired) electrons. The van der Waals surface area contributed by atoms with Gasteiger partial charge in [-0.25, -0.2) is 4.98 Å². The maximum absolute atomic E-state index is 12.7. The topological polar surface area (TPSA) is 77.5 Å². The van der Waals surface area contributed by atoms with Crippen LogP contribution in [0.5, 0.6) is 5.75 Å². The summed E-state index contributed by atoms with van der Waals surface area (Å²) in [6.07, 6.45) is 4.70. The summed E-state index contributed by atoms with van der Waals surface area (Å²) in [6.45, 7) is 3.95. The SMILES string of the molecule is CCCCC(NC(=O)Cc1nc(-c2ccco2)oc1C)c1ccc(OC)cc1. The van der Waals surface area contributed by atoms with Gasteiger partial charge in [0.1, 0.15) is 11.5 Å². The van der Waals surface area contributed by atoms with Gasteiger partial charge in [0.25, 0.3) is 5.89 Å². The van der Waals surface area contributed by atoms with Crippen molar-refractivity contribution in [2.45, 2.75) is 45.6 Å². The predicted octanol–water partition coefficient (Wildman–Crippen LogP) is 4.84. The van der Waals surface area contributed by atoms with E-state index >= 15 is 0 Å². The Morgan fingerprint density at radius 1 is 1.25 bits per heavy atom. The third kappa shape index (κ3) is 4.82. The quantitative estimate of drug-likeness (QED) is 0.573. The number of oxazole rings is 1. The van der Waals surface area contributed by atoms with E-state index < -0.39 is 0 Å². The number of hydrogen-bond acceptors (Lipinski definition) is 5. The number of rotatable bonds is 9. The van der Waals surface area contributed by atoms with Gasteiger partial charge in [0, 0.05) is 0 Å². The molecule has 0 aliphatic carbocycles. The molecular weight excluding hydrogens is 356 g/mol. The van der Waals surface area contributed by atoms with Crippen molar-refractivity contribution in [3.8, 4) is 17.4 Å². The standard InChI is InChI=1S/C22H26N2O4/c1-4-5-7-18(16-9-11-17(26-3)12-10-16)23-21(25)14-19-15(2)28-22(24-19)20-8-6-13-27-20/h6,8-13,18H,4-5,7,14H2,1-3H3,(H,23,25). The number of furan rings is 1. The van der Waals surface area contributed by atoms with Crippen molar-refractivity contribution in [1.29, 1.82) is 0 Å². The van der Waals surface area contributed by atoms with Gasteiger partial charge in [-0.15, -0.1) is 0 Å². The van der Waals surface area contributed by atoms with Gasteiger partial charge in [-0.2, -0.15) is 0 Å². The fourth-order valence-corrected chi connectivity index (χ4v) is 3.06. The van der Waals surface area contributed by atoms with Gasteiger partial charge in [0.2, 0.25) is 5.91 Å². The van der Waals surface area contributed by atoms with Crippen molar-refractivity contribution in [1.82, 2.24) is 10.3 Å². The van der Waals surface area contributed by atoms with Crippen LogP contribution in [0.2, 0.25) is 0 Å². The molecule has 0 aliphatic rings. The Morgan fingerprint density at radius 2 is 2.04 bits per heavy atom. The summed E-state index contributed by atoms with van der Waals surface area (Å²) in [5, 5.41) is 3.14. The number of amides is 1. The highest BCUT2D eigenvalue weighted by Crippen LogP contribution is 2.24. The van der Waals surface area contributed by atoms with E-state index in [2.05, 4.69) is 17.2 Å². The maximum atomic E-state index is 12.7. The van der Waals surface area contributed by atoms with Crippen molar-refractivity contribution >= 4 is 5.91 Å². The Morgan fingerprint density at radius 3 is 2.68 bits per heavy atom. The number of nitrogens with zero attached hydrogens (tertiary/aromatic N) is 1. The Hall–Kier alpha value is -3.02. The van der Waals surface area contributed by atoms with E-state index in [1.807, 2.05) is 24.3 Å². The molecule has 0 saturated carbocycles. The van der Waals surface area contributed by atoms with Crippen LogP contribution in [0.1, 0.15) is 49.2 Å². The number of unbranched alkanes of at least 4 members (excludes halogenated alkanes) is 1. The van der Waals surface area contributed by atoms with Crippen LogP contribution in [-0.4, -0.2) is 18.0 Å². The Kier molecular flexibility index (Phi) is 6.53. The second kappa shape index (κ2) is 9.26. The van der Waals surface area contributed by atoms with Crippen LogP contribution in [0.3, 0.4) is 0 Å². The Labute approximate surface area is 164 Å². The largest absolute Gasteiger partial charge is 0.497 e. The van der Waals surface area contributed by atoms with Crippen molar-refractivity contribution in [3.63, 3.8) is 0 Å². The molecule has 0 bridgehead atoms. The first-order valence-corrected chi connectivity index (χ1v) is 9.54. The summed E-state index contributed by atoms with van der Waals surface area (Å²) >= 11 is 0. The van der Waals surface area contributed by atoms with Crippen LogP contribution < -0.4 is 10.1 Å². The lowest BCUT2D eigenvalue weighted by Crippen LogP contribution is -2.30. The molecule has 6 nitrogen and oxygen atoms in total. The summed E-state index contributed by atoms with van der Waals surface area (Å²) < 4.78 is 16.2. The van der Waals surface area contributed by atoms with E-state index in [4.69, 9.17) is 13.6 Å². The van der Waals surface area contributed by atoms with Crippen molar-refractivity contribution in [2.75, 3.05) is 7.11 Å². The number of ether oxygens (including phenoxy) is 1. The first kappa shape index (κ1) is 19.7. The van der Waals surface area contributed by atoms with Crippen LogP contribution in [0, 0.1) is 6.92 Å². The molecule has 3 rings (SSSR count). The van der Waals surface area contributed by atoms with Gasteiger partial charge in [0.15, 0.2) is 5.76 Å². The molecule has 1 atom stereocenters. The lowest BCUT2D eigenvalue weighted by Gasteiger charge is -2.19. The molecule has 0 fully saturated rings. The molecule has 1 amide bonds. The van der Waals surface area contributed by atoms with Crippen LogP contribution in [0.15, 0.2) is 51.5 Å². The molecule has 1 aromatic carbocycles.